The first-order chi connectivity index (χ1) is 5.65. The molecule has 72 valence electrons. The molecule has 2 heteroatoms. The highest BCUT2D eigenvalue weighted by Gasteiger charge is 2.28. The molecule has 0 bridgehead atoms. The second-order valence-corrected chi connectivity index (χ2v) is 4.48. The van der Waals surface area contributed by atoms with E-state index in [0.29, 0.717) is 12.0 Å². The predicted octanol–water partition coefficient (Wildman–Crippen LogP) is 1.34. The van der Waals surface area contributed by atoms with Crippen LogP contribution in [0.2, 0.25) is 0 Å². The van der Waals surface area contributed by atoms with Crippen LogP contribution in [-0.4, -0.2) is 12.6 Å². The highest BCUT2D eigenvalue weighted by Crippen LogP contribution is 2.31. The van der Waals surface area contributed by atoms with Crippen LogP contribution in [0.15, 0.2) is 0 Å². The third-order valence-electron chi connectivity index (χ3n) is 3.33. The third kappa shape index (κ3) is 2.20. The van der Waals surface area contributed by atoms with Crippen molar-refractivity contribution < 1.29 is 0 Å². The zero-order valence-electron chi connectivity index (χ0n) is 8.29. The minimum absolute atomic E-state index is 0.358. The summed E-state index contributed by atoms with van der Waals surface area (Å²) < 4.78 is 0. The van der Waals surface area contributed by atoms with Crippen LogP contribution in [0.1, 0.15) is 33.1 Å². The van der Waals surface area contributed by atoms with Crippen molar-refractivity contribution in [3.05, 3.63) is 0 Å². The van der Waals surface area contributed by atoms with Crippen LogP contribution in [0.25, 0.3) is 0 Å². The average Bonchev–Trinajstić information content (AvgIpc) is 2.04. The summed E-state index contributed by atoms with van der Waals surface area (Å²) in [5.41, 5.74) is 11.7. The van der Waals surface area contributed by atoms with Crippen molar-refractivity contribution in [2.75, 3.05) is 6.54 Å². The first-order valence-corrected chi connectivity index (χ1v) is 5.10. The van der Waals surface area contributed by atoms with Gasteiger partial charge in [0.2, 0.25) is 0 Å². The van der Waals surface area contributed by atoms with Gasteiger partial charge in [-0.05, 0) is 43.6 Å². The third-order valence-corrected chi connectivity index (χ3v) is 3.33. The fourth-order valence-electron chi connectivity index (χ4n) is 2.20. The van der Waals surface area contributed by atoms with Crippen LogP contribution >= 0.6 is 0 Å². The second kappa shape index (κ2) is 4.24. The molecular formula is C10H22N2. The van der Waals surface area contributed by atoms with Gasteiger partial charge in [0.1, 0.15) is 0 Å². The Labute approximate surface area is 75.7 Å². The second-order valence-electron chi connectivity index (χ2n) is 4.48. The highest BCUT2D eigenvalue weighted by molar-refractivity contribution is 4.84. The molecular weight excluding hydrogens is 148 g/mol. The molecule has 0 aromatic rings. The van der Waals surface area contributed by atoms with Crippen molar-refractivity contribution >= 4 is 0 Å². The fourth-order valence-corrected chi connectivity index (χ4v) is 2.20. The summed E-state index contributed by atoms with van der Waals surface area (Å²) in [6.45, 7) is 5.35. The van der Waals surface area contributed by atoms with E-state index in [1.807, 2.05) is 0 Å². The molecule has 0 heterocycles. The largest absolute Gasteiger partial charge is 0.330 e. The minimum atomic E-state index is 0.358. The van der Waals surface area contributed by atoms with E-state index in [2.05, 4.69) is 13.8 Å². The summed E-state index contributed by atoms with van der Waals surface area (Å²) in [6.07, 6.45) is 3.74. The molecule has 0 radical (unpaired) electrons. The predicted molar refractivity (Wildman–Crippen MR) is 52.7 cm³/mol. The quantitative estimate of drug-likeness (QED) is 0.657. The number of rotatable bonds is 2. The standard InChI is InChI=1S/C10H22N2/c1-7(2)8-3-4-9(6-11)10(12)5-8/h7-10H,3-6,11-12H2,1-2H3. The maximum absolute atomic E-state index is 6.04. The Kier molecular flexibility index (Phi) is 3.53. The summed E-state index contributed by atoms with van der Waals surface area (Å²) in [6, 6.07) is 0.358. The van der Waals surface area contributed by atoms with Gasteiger partial charge in [0.15, 0.2) is 0 Å². The highest BCUT2D eigenvalue weighted by atomic mass is 14.7. The average molecular weight is 170 g/mol. The fraction of sp³-hybridized carbons (Fsp3) is 1.00. The molecule has 2 nitrogen and oxygen atoms in total. The van der Waals surface area contributed by atoms with Crippen molar-refractivity contribution in [2.24, 2.45) is 29.2 Å². The molecule has 12 heavy (non-hydrogen) atoms. The lowest BCUT2D eigenvalue weighted by Crippen LogP contribution is -2.41. The maximum atomic E-state index is 6.04. The molecule has 0 aliphatic heterocycles. The lowest BCUT2D eigenvalue weighted by atomic mass is 9.74. The van der Waals surface area contributed by atoms with Crippen molar-refractivity contribution in [1.29, 1.82) is 0 Å². The molecule has 4 N–H and O–H groups in total. The van der Waals surface area contributed by atoms with Gasteiger partial charge in [-0.25, -0.2) is 0 Å². The zero-order chi connectivity index (χ0) is 9.14. The molecule has 0 amide bonds. The van der Waals surface area contributed by atoms with Crippen LogP contribution in [-0.2, 0) is 0 Å². The van der Waals surface area contributed by atoms with Crippen molar-refractivity contribution in [3.8, 4) is 0 Å². The summed E-state index contributed by atoms with van der Waals surface area (Å²) in [7, 11) is 0. The van der Waals surface area contributed by atoms with E-state index in [-0.39, 0.29) is 0 Å². The molecule has 1 saturated carbocycles. The summed E-state index contributed by atoms with van der Waals surface area (Å²) in [5.74, 6) is 2.21. The zero-order valence-corrected chi connectivity index (χ0v) is 8.29. The smallest absolute Gasteiger partial charge is 0.00819 e. The van der Waals surface area contributed by atoms with Crippen LogP contribution in [0.4, 0.5) is 0 Å². The van der Waals surface area contributed by atoms with Crippen LogP contribution < -0.4 is 11.5 Å². The van der Waals surface area contributed by atoms with Crippen LogP contribution in [0.5, 0.6) is 0 Å². The van der Waals surface area contributed by atoms with Gasteiger partial charge in [-0.15, -0.1) is 0 Å². The van der Waals surface area contributed by atoms with Gasteiger partial charge in [0.05, 0.1) is 0 Å². The normalized spacial score (nSPS) is 37.2. The first kappa shape index (κ1) is 10.0. The van der Waals surface area contributed by atoms with E-state index in [0.717, 1.165) is 18.4 Å². The lowest BCUT2D eigenvalue weighted by molar-refractivity contribution is 0.199. The Balaban J connectivity index is 2.40. The molecule has 1 rings (SSSR count). The van der Waals surface area contributed by atoms with Gasteiger partial charge in [0, 0.05) is 6.04 Å². The molecule has 0 aromatic heterocycles. The van der Waals surface area contributed by atoms with Gasteiger partial charge in [-0.1, -0.05) is 13.8 Å². The number of hydrogen-bond donors (Lipinski definition) is 2. The molecule has 1 aliphatic rings. The number of hydrogen-bond acceptors (Lipinski definition) is 2. The maximum Gasteiger partial charge on any atom is 0.00819 e. The van der Waals surface area contributed by atoms with Crippen LogP contribution in [0.3, 0.4) is 0 Å². The van der Waals surface area contributed by atoms with E-state index >= 15 is 0 Å². The van der Waals surface area contributed by atoms with E-state index in [4.69, 9.17) is 11.5 Å². The molecule has 1 fully saturated rings. The van der Waals surface area contributed by atoms with Gasteiger partial charge >= 0.3 is 0 Å². The van der Waals surface area contributed by atoms with E-state index in [1.165, 1.54) is 19.3 Å². The topological polar surface area (TPSA) is 52.0 Å². The van der Waals surface area contributed by atoms with Crippen molar-refractivity contribution in [1.82, 2.24) is 0 Å². The van der Waals surface area contributed by atoms with Gasteiger partial charge < -0.3 is 11.5 Å². The Hall–Kier alpha value is -0.0800. The van der Waals surface area contributed by atoms with E-state index in [1.54, 1.807) is 0 Å². The minimum Gasteiger partial charge on any atom is -0.330 e. The lowest BCUT2D eigenvalue weighted by Gasteiger charge is -2.35. The molecule has 1 aliphatic carbocycles. The molecule has 3 atom stereocenters. The Morgan fingerprint density at radius 1 is 1.33 bits per heavy atom. The van der Waals surface area contributed by atoms with Crippen molar-refractivity contribution in [2.45, 2.75) is 39.2 Å². The van der Waals surface area contributed by atoms with E-state index < -0.39 is 0 Å². The Morgan fingerprint density at radius 3 is 2.42 bits per heavy atom. The molecule has 0 aromatic carbocycles. The molecule has 0 saturated heterocycles. The monoisotopic (exact) mass is 170 g/mol. The van der Waals surface area contributed by atoms with Crippen molar-refractivity contribution in [3.63, 3.8) is 0 Å². The SMILES string of the molecule is CC(C)C1CCC(CN)C(N)C1. The van der Waals surface area contributed by atoms with E-state index in [9.17, 15) is 0 Å². The molecule has 0 spiro atoms. The summed E-state index contributed by atoms with van der Waals surface area (Å²) in [4.78, 5) is 0. The van der Waals surface area contributed by atoms with Gasteiger partial charge in [0.25, 0.3) is 0 Å². The number of nitrogens with two attached hydrogens (primary N) is 2. The summed E-state index contributed by atoms with van der Waals surface area (Å²) in [5, 5.41) is 0. The Bertz CT molecular complexity index is 134. The van der Waals surface area contributed by atoms with Gasteiger partial charge in [-0.2, -0.15) is 0 Å². The first-order valence-electron chi connectivity index (χ1n) is 5.10. The van der Waals surface area contributed by atoms with Gasteiger partial charge in [-0.3, -0.25) is 0 Å². The Morgan fingerprint density at radius 2 is 2.00 bits per heavy atom. The summed E-state index contributed by atoms with van der Waals surface area (Å²) >= 11 is 0. The molecule has 3 unspecified atom stereocenters. The van der Waals surface area contributed by atoms with Crippen LogP contribution in [0, 0.1) is 17.8 Å².